The molecule has 0 aliphatic carbocycles. The van der Waals surface area contributed by atoms with E-state index in [0.29, 0.717) is 17.9 Å². The second-order valence-corrected chi connectivity index (χ2v) is 4.13. The number of hydrogen-bond donors (Lipinski definition) is 1. The molecular formula is C15H15N3O2. The van der Waals surface area contributed by atoms with Gasteiger partial charge in [0, 0.05) is 18.0 Å². The number of carbonyl (C=O) groups is 1. The fourth-order valence-electron chi connectivity index (χ4n) is 1.45. The molecule has 0 saturated heterocycles. The van der Waals surface area contributed by atoms with Crippen molar-refractivity contribution in [1.82, 2.24) is 10.4 Å². The van der Waals surface area contributed by atoms with Crippen LogP contribution in [-0.4, -0.2) is 23.2 Å². The number of nitrogens with one attached hydrogen (secondary N) is 1. The van der Waals surface area contributed by atoms with E-state index >= 15 is 0 Å². The van der Waals surface area contributed by atoms with Gasteiger partial charge in [0.25, 0.3) is 5.91 Å². The number of nitrogens with zero attached hydrogens (tertiary/aromatic N) is 2. The van der Waals surface area contributed by atoms with Gasteiger partial charge in [0.05, 0.1) is 5.71 Å². The van der Waals surface area contributed by atoms with Crippen molar-refractivity contribution in [2.75, 3.05) is 6.61 Å². The Kier molecular flexibility index (Phi) is 4.83. The maximum Gasteiger partial charge on any atom is 0.271 e. The van der Waals surface area contributed by atoms with E-state index in [2.05, 4.69) is 15.5 Å². The molecular weight excluding hydrogens is 254 g/mol. The van der Waals surface area contributed by atoms with Crippen LogP contribution >= 0.6 is 0 Å². The van der Waals surface area contributed by atoms with Crippen LogP contribution in [0.1, 0.15) is 17.3 Å². The molecule has 1 aromatic heterocycles. The number of pyridine rings is 1. The summed E-state index contributed by atoms with van der Waals surface area (Å²) < 4.78 is 5.51. The fourth-order valence-corrected chi connectivity index (χ4v) is 1.45. The van der Waals surface area contributed by atoms with Gasteiger partial charge in [-0.2, -0.15) is 5.10 Å². The molecule has 2 aromatic rings. The number of rotatable bonds is 5. The Morgan fingerprint density at radius 3 is 2.60 bits per heavy atom. The lowest BCUT2D eigenvalue weighted by Gasteiger charge is -2.05. The molecule has 2 rings (SSSR count). The average molecular weight is 269 g/mol. The van der Waals surface area contributed by atoms with Crippen molar-refractivity contribution >= 4 is 11.6 Å². The topological polar surface area (TPSA) is 63.6 Å². The standard InChI is InChI=1S/C15H15N3O2/c1-12(11-20-14-5-3-2-4-6-14)17-18-15(19)13-7-9-16-10-8-13/h2-10H,11H2,1H3,(H,18,19). The summed E-state index contributed by atoms with van der Waals surface area (Å²) in [4.78, 5) is 15.6. The summed E-state index contributed by atoms with van der Waals surface area (Å²) >= 11 is 0. The number of ether oxygens (including phenoxy) is 1. The highest BCUT2D eigenvalue weighted by Crippen LogP contribution is 2.07. The van der Waals surface area contributed by atoms with Crippen LogP contribution in [0, 0.1) is 0 Å². The van der Waals surface area contributed by atoms with E-state index in [4.69, 9.17) is 4.74 Å². The highest BCUT2D eigenvalue weighted by Gasteiger charge is 2.03. The quantitative estimate of drug-likeness (QED) is 0.669. The van der Waals surface area contributed by atoms with Gasteiger partial charge in [0.2, 0.25) is 0 Å². The second-order valence-electron chi connectivity index (χ2n) is 4.13. The molecule has 1 amide bonds. The van der Waals surface area contributed by atoms with Gasteiger partial charge in [0.15, 0.2) is 0 Å². The Morgan fingerprint density at radius 2 is 1.90 bits per heavy atom. The molecule has 0 aliphatic rings. The predicted molar refractivity (Wildman–Crippen MR) is 76.7 cm³/mol. The Balaban J connectivity index is 1.84. The SMILES string of the molecule is CC(COc1ccccc1)=NNC(=O)c1ccncc1. The molecule has 0 saturated carbocycles. The van der Waals surface area contributed by atoms with Crippen LogP contribution in [-0.2, 0) is 0 Å². The monoisotopic (exact) mass is 269 g/mol. The van der Waals surface area contributed by atoms with E-state index in [9.17, 15) is 4.79 Å². The van der Waals surface area contributed by atoms with Crippen LogP contribution < -0.4 is 10.2 Å². The second kappa shape index (κ2) is 7.04. The first kappa shape index (κ1) is 13.7. The lowest BCUT2D eigenvalue weighted by Crippen LogP contribution is -2.21. The van der Waals surface area contributed by atoms with Crippen molar-refractivity contribution < 1.29 is 9.53 Å². The molecule has 0 spiro atoms. The number of benzene rings is 1. The third-order valence-electron chi connectivity index (χ3n) is 2.48. The smallest absolute Gasteiger partial charge is 0.271 e. The summed E-state index contributed by atoms with van der Waals surface area (Å²) in [6.45, 7) is 2.11. The molecule has 5 heteroatoms. The zero-order valence-corrected chi connectivity index (χ0v) is 11.1. The molecule has 1 heterocycles. The summed E-state index contributed by atoms with van der Waals surface area (Å²) in [5.74, 6) is 0.494. The summed E-state index contributed by atoms with van der Waals surface area (Å²) in [6, 6.07) is 12.7. The minimum atomic E-state index is -0.272. The molecule has 5 nitrogen and oxygen atoms in total. The first-order valence-electron chi connectivity index (χ1n) is 6.17. The number of para-hydroxylation sites is 1. The van der Waals surface area contributed by atoms with Gasteiger partial charge >= 0.3 is 0 Å². The van der Waals surface area contributed by atoms with E-state index in [1.807, 2.05) is 30.3 Å². The van der Waals surface area contributed by atoms with Gasteiger partial charge in [-0.05, 0) is 31.2 Å². The largest absolute Gasteiger partial charge is 0.488 e. The van der Waals surface area contributed by atoms with Gasteiger partial charge in [-0.3, -0.25) is 9.78 Å². The van der Waals surface area contributed by atoms with Crippen LogP contribution in [0.15, 0.2) is 60.0 Å². The predicted octanol–water partition coefficient (Wildman–Crippen LogP) is 2.27. The number of hydrogen-bond acceptors (Lipinski definition) is 4. The summed E-state index contributed by atoms with van der Waals surface area (Å²) in [7, 11) is 0. The van der Waals surface area contributed by atoms with Gasteiger partial charge in [-0.25, -0.2) is 5.43 Å². The van der Waals surface area contributed by atoms with Crippen molar-refractivity contribution in [2.24, 2.45) is 5.10 Å². The van der Waals surface area contributed by atoms with Gasteiger partial charge in [0.1, 0.15) is 12.4 Å². The van der Waals surface area contributed by atoms with Crippen molar-refractivity contribution in [3.8, 4) is 5.75 Å². The summed E-state index contributed by atoms with van der Waals surface area (Å²) in [6.07, 6.45) is 3.12. The van der Waals surface area contributed by atoms with Gasteiger partial charge in [-0.1, -0.05) is 18.2 Å². The molecule has 1 N–H and O–H groups in total. The molecule has 102 valence electrons. The molecule has 0 unspecified atom stereocenters. The highest BCUT2D eigenvalue weighted by atomic mass is 16.5. The number of aromatic nitrogens is 1. The lowest BCUT2D eigenvalue weighted by atomic mass is 10.3. The van der Waals surface area contributed by atoms with Crippen molar-refractivity contribution in [2.45, 2.75) is 6.92 Å². The summed E-state index contributed by atoms with van der Waals surface area (Å²) in [5.41, 5.74) is 3.67. The van der Waals surface area contributed by atoms with Crippen molar-refractivity contribution in [3.05, 3.63) is 60.4 Å². The zero-order chi connectivity index (χ0) is 14.2. The van der Waals surface area contributed by atoms with E-state index in [0.717, 1.165) is 5.75 Å². The molecule has 0 radical (unpaired) electrons. The lowest BCUT2D eigenvalue weighted by molar-refractivity contribution is 0.0954. The average Bonchev–Trinajstić information content (AvgIpc) is 2.52. The Hall–Kier alpha value is -2.69. The van der Waals surface area contributed by atoms with Crippen LogP contribution in [0.5, 0.6) is 5.75 Å². The van der Waals surface area contributed by atoms with Crippen LogP contribution in [0.2, 0.25) is 0 Å². The van der Waals surface area contributed by atoms with E-state index in [1.165, 1.54) is 0 Å². The Labute approximate surface area is 117 Å². The third kappa shape index (κ3) is 4.20. The van der Waals surface area contributed by atoms with Crippen LogP contribution in [0.4, 0.5) is 0 Å². The van der Waals surface area contributed by atoms with E-state index in [-0.39, 0.29) is 5.91 Å². The maximum absolute atomic E-state index is 11.7. The minimum Gasteiger partial charge on any atom is -0.488 e. The zero-order valence-electron chi connectivity index (χ0n) is 11.1. The molecule has 0 atom stereocenters. The first-order valence-corrected chi connectivity index (χ1v) is 6.17. The van der Waals surface area contributed by atoms with Gasteiger partial charge < -0.3 is 4.74 Å². The van der Waals surface area contributed by atoms with Crippen LogP contribution in [0.25, 0.3) is 0 Å². The fraction of sp³-hybridized carbons (Fsp3) is 0.133. The van der Waals surface area contributed by atoms with E-state index in [1.54, 1.807) is 31.5 Å². The Morgan fingerprint density at radius 1 is 1.20 bits per heavy atom. The summed E-state index contributed by atoms with van der Waals surface area (Å²) in [5, 5.41) is 3.99. The van der Waals surface area contributed by atoms with Crippen LogP contribution in [0.3, 0.4) is 0 Å². The number of amides is 1. The van der Waals surface area contributed by atoms with Gasteiger partial charge in [-0.15, -0.1) is 0 Å². The molecule has 0 bridgehead atoms. The minimum absolute atomic E-state index is 0.272. The normalized spacial score (nSPS) is 10.9. The highest BCUT2D eigenvalue weighted by molar-refractivity contribution is 5.95. The molecule has 0 fully saturated rings. The molecule has 1 aromatic carbocycles. The number of carbonyl (C=O) groups excluding carboxylic acids is 1. The van der Waals surface area contributed by atoms with E-state index < -0.39 is 0 Å². The Bertz CT molecular complexity index is 583. The van der Waals surface area contributed by atoms with Crippen molar-refractivity contribution in [1.29, 1.82) is 0 Å². The third-order valence-corrected chi connectivity index (χ3v) is 2.48. The molecule has 0 aliphatic heterocycles. The first-order chi connectivity index (χ1) is 9.75. The van der Waals surface area contributed by atoms with Crippen molar-refractivity contribution in [3.63, 3.8) is 0 Å². The maximum atomic E-state index is 11.7. The number of hydrazone groups is 1. The molecule has 20 heavy (non-hydrogen) atoms.